The summed E-state index contributed by atoms with van der Waals surface area (Å²) in [5.74, 6) is 0.887. The fourth-order valence-corrected chi connectivity index (χ4v) is 5.89. The summed E-state index contributed by atoms with van der Waals surface area (Å²) in [6.45, 7) is 5.89. The van der Waals surface area contributed by atoms with Gasteiger partial charge in [-0.05, 0) is 45.2 Å². The molecule has 1 aromatic carbocycles. The van der Waals surface area contributed by atoms with Crippen LogP contribution in [0, 0.1) is 13.8 Å². The molecule has 0 spiro atoms. The van der Waals surface area contributed by atoms with E-state index in [1.165, 1.54) is 18.4 Å². The highest BCUT2D eigenvalue weighted by atomic mass is 35.5. The fourth-order valence-electron chi connectivity index (χ4n) is 4.71. The second kappa shape index (κ2) is 10.2. The number of halogens is 1. The molecule has 1 aliphatic rings. The standard InChI is InChI=1S/C27H27ClN4O4S/c1-15-11-19(25-24(29-15)21(14-37-25)27(34)35-4)18-12-17(28)5-6-23(18)36-10-9-32-16(2)30-22-7-8-31(3)13-20(22)26(32)33/h5-6,11-12,14H,7-10,13H2,1-4H3. The van der Waals surface area contributed by atoms with Gasteiger partial charge in [-0.2, -0.15) is 0 Å². The van der Waals surface area contributed by atoms with E-state index in [0.717, 1.165) is 45.7 Å². The molecular weight excluding hydrogens is 512 g/mol. The van der Waals surface area contributed by atoms with Gasteiger partial charge in [-0.3, -0.25) is 14.3 Å². The summed E-state index contributed by atoms with van der Waals surface area (Å²) in [6.07, 6.45) is 0.785. The van der Waals surface area contributed by atoms with E-state index in [1.807, 2.05) is 39.1 Å². The minimum atomic E-state index is -0.427. The van der Waals surface area contributed by atoms with Crippen molar-refractivity contribution in [2.75, 3.05) is 27.3 Å². The Morgan fingerprint density at radius 2 is 2.00 bits per heavy atom. The van der Waals surface area contributed by atoms with Gasteiger partial charge in [0, 0.05) is 46.7 Å². The van der Waals surface area contributed by atoms with E-state index >= 15 is 0 Å². The molecule has 10 heteroatoms. The number of hydrogen-bond acceptors (Lipinski definition) is 8. The van der Waals surface area contributed by atoms with E-state index in [4.69, 9.17) is 26.1 Å². The van der Waals surface area contributed by atoms with Crippen molar-refractivity contribution in [3.8, 4) is 16.9 Å². The topological polar surface area (TPSA) is 86.5 Å². The molecule has 0 aliphatic carbocycles. The first-order valence-electron chi connectivity index (χ1n) is 11.9. The van der Waals surface area contributed by atoms with Crippen LogP contribution in [0.3, 0.4) is 0 Å². The number of pyridine rings is 1. The average Bonchev–Trinajstić information content (AvgIpc) is 3.30. The van der Waals surface area contributed by atoms with Gasteiger partial charge in [-0.25, -0.2) is 9.78 Å². The minimum absolute atomic E-state index is 0.00521. The van der Waals surface area contributed by atoms with E-state index in [0.29, 0.717) is 40.8 Å². The van der Waals surface area contributed by atoms with Crippen molar-refractivity contribution in [3.05, 3.63) is 73.4 Å². The zero-order valence-electron chi connectivity index (χ0n) is 21.1. The number of fused-ring (bicyclic) bond motifs is 2. The van der Waals surface area contributed by atoms with Crippen molar-refractivity contribution in [1.82, 2.24) is 19.4 Å². The van der Waals surface area contributed by atoms with Gasteiger partial charge in [-0.15, -0.1) is 11.3 Å². The molecular formula is C27H27ClN4O4S. The Kier molecular flexibility index (Phi) is 7.02. The van der Waals surface area contributed by atoms with Gasteiger partial charge in [0.05, 0.1) is 40.7 Å². The molecule has 4 aromatic rings. The van der Waals surface area contributed by atoms with Crippen LogP contribution in [0.5, 0.6) is 5.75 Å². The minimum Gasteiger partial charge on any atom is -0.491 e. The van der Waals surface area contributed by atoms with E-state index in [-0.39, 0.29) is 12.2 Å². The van der Waals surface area contributed by atoms with Gasteiger partial charge in [0.25, 0.3) is 5.56 Å². The molecule has 0 atom stereocenters. The molecule has 0 saturated heterocycles. The van der Waals surface area contributed by atoms with Crippen LogP contribution in [-0.4, -0.2) is 52.7 Å². The molecule has 37 heavy (non-hydrogen) atoms. The summed E-state index contributed by atoms with van der Waals surface area (Å²) in [5, 5.41) is 2.32. The van der Waals surface area contributed by atoms with E-state index in [9.17, 15) is 9.59 Å². The Morgan fingerprint density at radius 1 is 1.19 bits per heavy atom. The van der Waals surface area contributed by atoms with Crippen molar-refractivity contribution in [2.45, 2.75) is 33.4 Å². The first kappa shape index (κ1) is 25.4. The number of benzene rings is 1. The van der Waals surface area contributed by atoms with Gasteiger partial charge in [-0.1, -0.05) is 11.6 Å². The maximum atomic E-state index is 13.2. The maximum Gasteiger partial charge on any atom is 0.340 e. The highest BCUT2D eigenvalue weighted by Crippen LogP contribution is 2.40. The summed E-state index contributed by atoms with van der Waals surface area (Å²) >= 11 is 7.81. The third-order valence-electron chi connectivity index (χ3n) is 6.56. The number of thiophene rings is 1. The third kappa shape index (κ3) is 4.86. The predicted octanol–water partition coefficient (Wildman–Crippen LogP) is 4.64. The highest BCUT2D eigenvalue weighted by Gasteiger charge is 2.22. The second-order valence-electron chi connectivity index (χ2n) is 9.15. The zero-order valence-corrected chi connectivity index (χ0v) is 22.7. The van der Waals surface area contributed by atoms with Crippen LogP contribution in [0.4, 0.5) is 0 Å². The first-order valence-corrected chi connectivity index (χ1v) is 13.2. The summed E-state index contributed by atoms with van der Waals surface area (Å²) in [6, 6.07) is 7.39. The fraction of sp³-hybridized carbons (Fsp3) is 0.333. The van der Waals surface area contributed by atoms with Crippen LogP contribution >= 0.6 is 22.9 Å². The lowest BCUT2D eigenvalue weighted by Crippen LogP contribution is -2.37. The number of carbonyl (C=O) groups excluding carboxylic acids is 1. The van der Waals surface area contributed by atoms with Gasteiger partial charge in [0.15, 0.2) is 0 Å². The van der Waals surface area contributed by atoms with Crippen LogP contribution in [0.1, 0.15) is 33.1 Å². The second-order valence-corrected chi connectivity index (χ2v) is 10.5. The number of nitrogens with zero attached hydrogens (tertiary/aromatic N) is 4. The molecule has 8 nitrogen and oxygen atoms in total. The number of ether oxygens (including phenoxy) is 2. The molecule has 192 valence electrons. The Morgan fingerprint density at radius 3 is 2.78 bits per heavy atom. The van der Waals surface area contributed by atoms with E-state index in [1.54, 1.807) is 16.0 Å². The molecule has 0 saturated carbocycles. The number of aromatic nitrogens is 3. The summed E-state index contributed by atoms with van der Waals surface area (Å²) in [7, 11) is 3.37. The molecule has 0 N–H and O–H groups in total. The summed E-state index contributed by atoms with van der Waals surface area (Å²) < 4.78 is 13.7. The summed E-state index contributed by atoms with van der Waals surface area (Å²) in [5.41, 5.74) is 5.08. The first-order chi connectivity index (χ1) is 17.8. The van der Waals surface area contributed by atoms with Crippen molar-refractivity contribution >= 4 is 39.1 Å². The molecule has 0 fully saturated rings. The van der Waals surface area contributed by atoms with E-state index < -0.39 is 5.97 Å². The maximum absolute atomic E-state index is 13.2. The van der Waals surface area contributed by atoms with Gasteiger partial charge in [0.2, 0.25) is 0 Å². The monoisotopic (exact) mass is 538 g/mol. The van der Waals surface area contributed by atoms with Crippen LogP contribution in [0.15, 0.2) is 34.4 Å². The Bertz CT molecular complexity index is 1580. The van der Waals surface area contributed by atoms with Crippen molar-refractivity contribution in [2.24, 2.45) is 0 Å². The summed E-state index contributed by atoms with van der Waals surface area (Å²) in [4.78, 5) is 36.9. The van der Waals surface area contributed by atoms with E-state index in [2.05, 4.69) is 9.88 Å². The van der Waals surface area contributed by atoms with Crippen molar-refractivity contribution in [3.63, 3.8) is 0 Å². The molecule has 5 rings (SSSR count). The number of hydrogen-bond donors (Lipinski definition) is 0. The largest absolute Gasteiger partial charge is 0.491 e. The molecule has 0 bridgehead atoms. The lowest BCUT2D eigenvalue weighted by Gasteiger charge is -2.25. The van der Waals surface area contributed by atoms with Crippen LogP contribution in [0.25, 0.3) is 21.3 Å². The van der Waals surface area contributed by atoms with Crippen LogP contribution in [0.2, 0.25) is 5.02 Å². The number of esters is 1. The van der Waals surface area contributed by atoms with Gasteiger partial charge in [0.1, 0.15) is 18.2 Å². The smallest absolute Gasteiger partial charge is 0.340 e. The lowest BCUT2D eigenvalue weighted by molar-refractivity contribution is 0.0603. The quantitative estimate of drug-likeness (QED) is 0.330. The van der Waals surface area contributed by atoms with Crippen LogP contribution in [-0.2, 0) is 24.2 Å². The van der Waals surface area contributed by atoms with Gasteiger partial charge < -0.3 is 14.4 Å². The zero-order chi connectivity index (χ0) is 26.3. The number of likely N-dealkylation sites (N-methyl/N-ethyl adjacent to an activating group) is 1. The number of carbonyl (C=O) groups is 1. The molecule has 3 aromatic heterocycles. The Balaban J connectivity index is 1.47. The molecule has 4 heterocycles. The normalized spacial score (nSPS) is 13.5. The SMILES string of the molecule is COC(=O)c1csc2c(-c3cc(Cl)ccc3OCCn3c(C)nc4c(c3=O)CN(C)CC4)cc(C)nc12. The van der Waals surface area contributed by atoms with Crippen molar-refractivity contribution in [1.29, 1.82) is 0 Å². The average molecular weight is 539 g/mol. The third-order valence-corrected chi connectivity index (χ3v) is 7.80. The molecule has 0 unspecified atom stereocenters. The van der Waals surface area contributed by atoms with Gasteiger partial charge >= 0.3 is 5.97 Å². The molecule has 1 aliphatic heterocycles. The van der Waals surface area contributed by atoms with Crippen LogP contribution < -0.4 is 10.3 Å². The molecule has 0 radical (unpaired) electrons. The number of methoxy groups -OCH3 is 1. The highest BCUT2D eigenvalue weighted by molar-refractivity contribution is 7.18. The van der Waals surface area contributed by atoms with Crippen molar-refractivity contribution < 1.29 is 14.3 Å². The lowest BCUT2D eigenvalue weighted by atomic mass is 10.0. The number of aryl methyl sites for hydroxylation is 2. The Hall–Kier alpha value is -3.27. The number of rotatable bonds is 6. The Labute approximate surface area is 223 Å². The predicted molar refractivity (Wildman–Crippen MR) is 145 cm³/mol. The molecule has 0 amide bonds.